The minimum Gasteiger partial charge on any atom is -0.367 e. The normalized spacial score (nSPS) is 11.3. The van der Waals surface area contributed by atoms with E-state index in [1.807, 2.05) is 30.3 Å². The van der Waals surface area contributed by atoms with Crippen LogP contribution in [0.4, 0.5) is 0 Å². The predicted molar refractivity (Wildman–Crippen MR) is 82.4 cm³/mol. The Bertz CT molecular complexity index is 382. The Morgan fingerprint density at radius 2 is 1.85 bits per heavy atom. The second-order valence-corrected chi connectivity index (χ2v) is 6.35. The van der Waals surface area contributed by atoms with Gasteiger partial charge >= 0.3 is 0 Å². The van der Waals surface area contributed by atoms with Gasteiger partial charge in [0.2, 0.25) is 5.91 Å². The molecule has 0 bridgehead atoms. The van der Waals surface area contributed by atoms with Crippen molar-refractivity contribution in [1.29, 1.82) is 0 Å². The van der Waals surface area contributed by atoms with Gasteiger partial charge in [0.1, 0.15) is 6.61 Å². The third-order valence-corrected chi connectivity index (χ3v) is 3.02. The van der Waals surface area contributed by atoms with Crippen LogP contribution in [0.3, 0.4) is 0 Å². The molecule has 0 radical (unpaired) electrons. The van der Waals surface area contributed by atoms with Gasteiger partial charge < -0.3 is 10.1 Å². The summed E-state index contributed by atoms with van der Waals surface area (Å²) in [5.41, 5.74) is 1.47. The molecule has 0 aliphatic carbocycles. The van der Waals surface area contributed by atoms with Crippen molar-refractivity contribution < 1.29 is 9.53 Å². The molecular weight excluding hydrogens is 250 g/mol. The number of carbonyl (C=O) groups is 1. The molecule has 1 rings (SSSR count). The molecule has 0 aliphatic heterocycles. The highest BCUT2D eigenvalue weighted by atomic mass is 16.5. The van der Waals surface area contributed by atoms with Crippen LogP contribution in [-0.2, 0) is 16.1 Å². The van der Waals surface area contributed by atoms with Crippen molar-refractivity contribution in [3.8, 4) is 0 Å². The highest BCUT2D eigenvalue weighted by Crippen LogP contribution is 2.21. The highest BCUT2D eigenvalue weighted by molar-refractivity contribution is 5.77. The number of hydrogen-bond donors (Lipinski definition) is 1. The topological polar surface area (TPSA) is 38.3 Å². The number of amides is 1. The lowest BCUT2D eigenvalue weighted by Crippen LogP contribution is -2.28. The molecule has 1 aromatic rings. The average molecular weight is 277 g/mol. The summed E-state index contributed by atoms with van der Waals surface area (Å²) >= 11 is 0. The molecule has 0 spiro atoms. The van der Waals surface area contributed by atoms with E-state index in [0.29, 0.717) is 12.0 Å². The summed E-state index contributed by atoms with van der Waals surface area (Å²) in [5, 5.41) is 2.89. The van der Waals surface area contributed by atoms with Crippen LogP contribution in [0.25, 0.3) is 0 Å². The first-order valence-corrected chi connectivity index (χ1v) is 7.36. The summed E-state index contributed by atoms with van der Waals surface area (Å²) in [6.45, 7) is 8.07. The Hall–Kier alpha value is -1.35. The predicted octanol–water partition coefficient (Wildman–Crippen LogP) is 3.54. The quantitative estimate of drug-likeness (QED) is 0.738. The number of carbonyl (C=O) groups excluding carboxylic acids is 1. The van der Waals surface area contributed by atoms with Crippen LogP contribution >= 0.6 is 0 Å². The van der Waals surface area contributed by atoms with E-state index in [9.17, 15) is 4.79 Å². The van der Waals surface area contributed by atoms with Crippen LogP contribution in [0.1, 0.15) is 45.6 Å². The number of hydrogen-bond acceptors (Lipinski definition) is 2. The van der Waals surface area contributed by atoms with Crippen molar-refractivity contribution >= 4 is 5.91 Å². The standard InChI is InChI=1S/C17H27NO2/c1-17(2,3)11-7-8-12-18-16(19)14-20-13-15-9-5-4-6-10-15/h4-6,9-10H,7-8,11-14H2,1-3H3,(H,18,19). The Morgan fingerprint density at radius 3 is 2.50 bits per heavy atom. The van der Waals surface area contributed by atoms with E-state index in [1.165, 1.54) is 6.42 Å². The Kier molecular flexibility index (Phi) is 7.31. The Balaban J connectivity index is 2.01. The summed E-state index contributed by atoms with van der Waals surface area (Å²) in [6, 6.07) is 9.88. The number of unbranched alkanes of at least 4 members (excludes halogenated alkanes) is 1. The molecule has 3 nitrogen and oxygen atoms in total. The van der Waals surface area contributed by atoms with Crippen molar-refractivity contribution in [3.05, 3.63) is 35.9 Å². The summed E-state index contributed by atoms with van der Waals surface area (Å²) in [4.78, 5) is 11.6. The van der Waals surface area contributed by atoms with E-state index in [1.54, 1.807) is 0 Å². The van der Waals surface area contributed by atoms with Gasteiger partial charge in [-0.2, -0.15) is 0 Å². The van der Waals surface area contributed by atoms with E-state index in [-0.39, 0.29) is 12.5 Å². The van der Waals surface area contributed by atoms with Crippen LogP contribution in [-0.4, -0.2) is 19.1 Å². The number of ether oxygens (including phenoxy) is 1. The van der Waals surface area contributed by atoms with Gasteiger partial charge in [-0.3, -0.25) is 4.79 Å². The fourth-order valence-corrected chi connectivity index (χ4v) is 1.89. The van der Waals surface area contributed by atoms with E-state index in [0.717, 1.165) is 24.9 Å². The molecule has 112 valence electrons. The van der Waals surface area contributed by atoms with Gasteiger partial charge in [0, 0.05) is 6.54 Å². The third-order valence-electron chi connectivity index (χ3n) is 3.02. The smallest absolute Gasteiger partial charge is 0.246 e. The van der Waals surface area contributed by atoms with Crippen LogP contribution in [0, 0.1) is 5.41 Å². The van der Waals surface area contributed by atoms with Crippen molar-refractivity contribution in [2.24, 2.45) is 5.41 Å². The molecule has 0 unspecified atom stereocenters. The summed E-state index contributed by atoms with van der Waals surface area (Å²) in [7, 11) is 0. The lowest BCUT2D eigenvalue weighted by atomic mass is 9.90. The minimum atomic E-state index is -0.0308. The molecule has 1 aromatic carbocycles. The zero-order valence-electron chi connectivity index (χ0n) is 12.9. The Morgan fingerprint density at radius 1 is 1.15 bits per heavy atom. The first-order valence-electron chi connectivity index (χ1n) is 7.36. The second kappa shape index (κ2) is 8.75. The summed E-state index contributed by atoms with van der Waals surface area (Å²) in [5.74, 6) is -0.0308. The van der Waals surface area contributed by atoms with Crippen molar-refractivity contribution in [1.82, 2.24) is 5.32 Å². The van der Waals surface area contributed by atoms with E-state index in [2.05, 4.69) is 26.1 Å². The zero-order valence-corrected chi connectivity index (χ0v) is 12.9. The molecule has 0 aromatic heterocycles. The molecule has 20 heavy (non-hydrogen) atoms. The zero-order chi connectivity index (χ0) is 14.8. The van der Waals surface area contributed by atoms with Gasteiger partial charge in [-0.1, -0.05) is 57.5 Å². The molecular formula is C17H27NO2. The van der Waals surface area contributed by atoms with Crippen molar-refractivity contribution in [2.45, 2.75) is 46.6 Å². The van der Waals surface area contributed by atoms with Crippen LogP contribution in [0.5, 0.6) is 0 Å². The molecule has 0 saturated heterocycles. The first kappa shape index (κ1) is 16.7. The largest absolute Gasteiger partial charge is 0.367 e. The van der Waals surface area contributed by atoms with Crippen molar-refractivity contribution in [3.63, 3.8) is 0 Å². The van der Waals surface area contributed by atoms with Crippen LogP contribution < -0.4 is 5.32 Å². The van der Waals surface area contributed by atoms with Gasteiger partial charge in [-0.25, -0.2) is 0 Å². The van der Waals surface area contributed by atoms with Gasteiger partial charge in [-0.15, -0.1) is 0 Å². The summed E-state index contributed by atoms with van der Waals surface area (Å²) in [6.07, 6.45) is 3.36. The van der Waals surface area contributed by atoms with E-state index in [4.69, 9.17) is 4.74 Å². The Labute approximate surface area is 122 Å². The molecule has 0 aliphatic rings. The molecule has 1 amide bonds. The van der Waals surface area contributed by atoms with Gasteiger partial charge in [0.15, 0.2) is 0 Å². The first-order chi connectivity index (χ1) is 9.47. The fraction of sp³-hybridized carbons (Fsp3) is 0.588. The SMILES string of the molecule is CC(C)(C)CCCCNC(=O)COCc1ccccc1. The van der Waals surface area contributed by atoms with Gasteiger partial charge in [-0.05, 0) is 23.8 Å². The molecule has 0 atom stereocenters. The van der Waals surface area contributed by atoms with Crippen molar-refractivity contribution in [2.75, 3.05) is 13.2 Å². The highest BCUT2D eigenvalue weighted by Gasteiger charge is 2.09. The third kappa shape index (κ3) is 8.70. The molecule has 3 heteroatoms. The molecule has 1 N–H and O–H groups in total. The average Bonchev–Trinajstić information content (AvgIpc) is 2.38. The second-order valence-electron chi connectivity index (χ2n) is 6.35. The van der Waals surface area contributed by atoms with Gasteiger partial charge in [0.05, 0.1) is 6.61 Å². The van der Waals surface area contributed by atoms with Crippen LogP contribution in [0.15, 0.2) is 30.3 Å². The molecule has 0 saturated carbocycles. The number of nitrogens with one attached hydrogen (secondary N) is 1. The number of benzene rings is 1. The van der Waals surface area contributed by atoms with Gasteiger partial charge in [0.25, 0.3) is 0 Å². The lowest BCUT2D eigenvalue weighted by molar-refractivity contribution is -0.126. The molecule has 0 fully saturated rings. The monoisotopic (exact) mass is 277 g/mol. The summed E-state index contributed by atoms with van der Waals surface area (Å²) < 4.78 is 5.38. The van der Waals surface area contributed by atoms with E-state index >= 15 is 0 Å². The minimum absolute atomic E-state index is 0.0308. The molecule has 0 heterocycles. The lowest BCUT2D eigenvalue weighted by Gasteiger charge is -2.17. The maximum absolute atomic E-state index is 11.6. The maximum Gasteiger partial charge on any atom is 0.246 e. The fourth-order valence-electron chi connectivity index (χ4n) is 1.89. The number of rotatable bonds is 8. The van der Waals surface area contributed by atoms with E-state index < -0.39 is 0 Å². The maximum atomic E-state index is 11.6. The van der Waals surface area contributed by atoms with Crippen LogP contribution in [0.2, 0.25) is 0 Å².